The molecular formula is C11H9ClN2O. The molecule has 15 heavy (non-hydrogen) atoms. The van der Waals surface area contributed by atoms with E-state index >= 15 is 0 Å². The smallest absolute Gasteiger partial charge is 0.252 e. The lowest BCUT2D eigenvalue weighted by molar-refractivity contribution is 0.108. The van der Waals surface area contributed by atoms with Crippen LogP contribution in [0.15, 0.2) is 30.5 Å². The zero-order valence-corrected chi connectivity index (χ0v) is 8.88. The van der Waals surface area contributed by atoms with E-state index in [0.29, 0.717) is 5.56 Å². The molecule has 0 spiro atoms. The number of aromatic amines is 1. The standard InChI is InChI=1S/C11H9ClN2O/c1-7-6-13-11(14-7)9-4-2-8(3-5-9)10(12)15/h2-6H,1H3,(H,13,14). The van der Waals surface area contributed by atoms with E-state index in [1.807, 2.05) is 19.1 Å². The van der Waals surface area contributed by atoms with Crippen LogP contribution in [0.5, 0.6) is 0 Å². The van der Waals surface area contributed by atoms with Gasteiger partial charge in [-0.3, -0.25) is 4.79 Å². The van der Waals surface area contributed by atoms with Crippen LogP contribution in [0.1, 0.15) is 16.1 Å². The number of nitrogens with one attached hydrogen (secondary N) is 1. The summed E-state index contributed by atoms with van der Waals surface area (Å²) in [5, 5.41) is -0.447. The Morgan fingerprint density at radius 2 is 2.00 bits per heavy atom. The molecule has 0 amide bonds. The van der Waals surface area contributed by atoms with Gasteiger partial charge in [-0.15, -0.1) is 0 Å². The lowest BCUT2D eigenvalue weighted by atomic mass is 10.1. The van der Waals surface area contributed by atoms with Crippen molar-refractivity contribution in [2.75, 3.05) is 0 Å². The summed E-state index contributed by atoms with van der Waals surface area (Å²) in [6, 6.07) is 6.99. The van der Waals surface area contributed by atoms with Gasteiger partial charge in [-0.25, -0.2) is 4.98 Å². The lowest BCUT2D eigenvalue weighted by Gasteiger charge is -1.97. The van der Waals surface area contributed by atoms with Gasteiger partial charge in [0.25, 0.3) is 5.24 Å². The van der Waals surface area contributed by atoms with Gasteiger partial charge in [0, 0.05) is 23.0 Å². The summed E-state index contributed by atoms with van der Waals surface area (Å²) in [6.45, 7) is 1.94. The largest absolute Gasteiger partial charge is 0.342 e. The molecule has 0 saturated heterocycles. The van der Waals surface area contributed by atoms with Crippen LogP contribution in [0.25, 0.3) is 11.4 Å². The summed E-state index contributed by atoms with van der Waals surface area (Å²) < 4.78 is 0. The highest BCUT2D eigenvalue weighted by Crippen LogP contribution is 2.16. The molecule has 0 aliphatic heterocycles. The molecule has 2 aromatic rings. The van der Waals surface area contributed by atoms with Crippen molar-refractivity contribution in [1.29, 1.82) is 0 Å². The van der Waals surface area contributed by atoms with Gasteiger partial charge in [0.15, 0.2) is 0 Å². The van der Waals surface area contributed by atoms with Gasteiger partial charge in [-0.2, -0.15) is 0 Å². The molecule has 4 heteroatoms. The van der Waals surface area contributed by atoms with Crippen LogP contribution in [-0.2, 0) is 0 Å². The molecule has 0 unspecified atom stereocenters. The normalized spacial score (nSPS) is 10.3. The highest BCUT2D eigenvalue weighted by molar-refractivity contribution is 6.67. The number of hydrogen-bond acceptors (Lipinski definition) is 2. The van der Waals surface area contributed by atoms with Crippen molar-refractivity contribution in [1.82, 2.24) is 9.97 Å². The van der Waals surface area contributed by atoms with E-state index in [-0.39, 0.29) is 0 Å². The number of carbonyl (C=O) groups excluding carboxylic acids is 1. The van der Waals surface area contributed by atoms with Crippen molar-refractivity contribution >= 4 is 16.8 Å². The summed E-state index contributed by atoms with van der Waals surface area (Å²) in [6.07, 6.45) is 1.76. The number of imidazole rings is 1. The average molecular weight is 221 g/mol. The molecule has 0 radical (unpaired) electrons. The maximum atomic E-state index is 10.8. The van der Waals surface area contributed by atoms with Crippen LogP contribution in [0.4, 0.5) is 0 Å². The Hall–Kier alpha value is -1.61. The number of aromatic nitrogens is 2. The van der Waals surface area contributed by atoms with Crippen molar-refractivity contribution in [3.63, 3.8) is 0 Å². The molecule has 1 aromatic heterocycles. The van der Waals surface area contributed by atoms with E-state index in [9.17, 15) is 4.79 Å². The zero-order valence-electron chi connectivity index (χ0n) is 8.12. The number of benzene rings is 1. The van der Waals surface area contributed by atoms with E-state index in [4.69, 9.17) is 11.6 Å². The highest BCUT2D eigenvalue weighted by Gasteiger charge is 2.04. The predicted molar refractivity (Wildman–Crippen MR) is 58.9 cm³/mol. The number of halogens is 1. The van der Waals surface area contributed by atoms with E-state index in [0.717, 1.165) is 17.1 Å². The summed E-state index contributed by atoms with van der Waals surface area (Å²) in [5.74, 6) is 0.793. The van der Waals surface area contributed by atoms with E-state index in [1.54, 1.807) is 18.3 Å². The van der Waals surface area contributed by atoms with Crippen molar-refractivity contribution in [2.24, 2.45) is 0 Å². The molecule has 1 aromatic carbocycles. The first-order valence-electron chi connectivity index (χ1n) is 4.48. The molecule has 0 aliphatic carbocycles. The summed E-state index contributed by atoms with van der Waals surface area (Å²) in [4.78, 5) is 18.1. The van der Waals surface area contributed by atoms with Crippen LogP contribution < -0.4 is 0 Å². The fraction of sp³-hybridized carbons (Fsp3) is 0.0909. The van der Waals surface area contributed by atoms with Gasteiger partial charge in [0.1, 0.15) is 5.82 Å². The second kappa shape index (κ2) is 3.87. The number of H-pyrrole nitrogens is 1. The van der Waals surface area contributed by atoms with Gasteiger partial charge in [0.2, 0.25) is 0 Å². The molecule has 0 fully saturated rings. The van der Waals surface area contributed by atoms with Crippen LogP contribution >= 0.6 is 11.6 Å². The fourth-order valence-corrected chi connectivity index (χ4v) is 1.44. The van der Waals surface area contributed by atoms with Gasteiger partial charge in [-0.05, 0) is 30.7 Å². The highest BCUT2D eigenvalue weighted by atomic mass is 35.5. The monoisotopic (exact) mass is 220 g/mol. The molecule has 76 valence electrons. The minimum absolute atomic E-state index is 0.447. The Bertz CT molecular complexity index is 488. The second-order valence-electron chi connectivity index (χ2n) is 3.27. The number of carbonyl (C=O) groups is 1. The van der Waals surface area contributed by atoms with Gasteiger partial charge >= 0.3 is 0 Å². The minimum Gasteiger partial charge on any atom is -0.342 e. The number of nitrogens with zero attached hydrogens (tertiary/aromatic N) is 1. The molecule has 0 saturated carbocycles. The quantitative estimate of drug-likeness (QED) is 0.791. The van der Waals surface area contributed by atoms with Crippen molar-refractivity contribution in [3.8, 4) is 11.4 Å². The maximum absolute atomic E-state index is 10.8. The van der Waals surface area contributed by atoms with E-state index in [1.165, 1.54) is 0 Å². The fourth-order valence-electron chi connectivity index (χ4n) is 1.32. The summed E-state index contributed by atoms with van der Waals surface area (Å²) in [7, 11) is 0. The Labute approximate surface area is 92.1 Å². The topological polar surface area (TPSA) is 45.8 Å². The molecule has 0 aliphatic rings. The number of aryl methyl sites for hydroxylation is 1. The summed E-state index contributed by atoms with van der Waals surface area (Å²) in [5.41, 5.74) is 2.43. The predicted octanol–water partition coefficient (Wildman–Crippen LogP) is 2.76. The second-order valence-corrected chi connectivity index (χ2v) is 3.61. The minimum atomic E-state index is -0.447. The SMILES string of the molecule is Cc1cnc(-c2ccc(C(=O)Cl)cc2)[nH]1. The first-order valence-corrected chi connectivity index (χ1v) is 4.86. The van der Waals surface area contributed by atoms with Crippen molar-refractivity contribution < 1.29 is 4.79 Å². The molecule has 1 N–H and O–H groups in total. The Morgan fingerprint density at radius 1 is 1.33 bits per heavy atom. The van der Waals surface area contributed by atoms with E-state index < -0.39 is 5.24 Å². The third-order valence-electron chi connectivity index (χ3n) is 2.09. The Kier molecular flexibility index (Phi) is 2.56. The van der Waals surface area contributed by atoms with Crippen LogP contribution in [0.3, 0.4) is 0 Å². The molecule has 3 nitrogen and oxygen atoms in total. The molecule has 1 heterocycles. The Morgan fingerprint density at radius 3 is 2.47 bits per heavy atom. The third-order valence-corrected chi connectivity index (χ3v) is 2.31. The van der Waals surface area contributed by atoms with Crippen LogP contribution in [0, 0.1) is 6.92 Å². The van der Waals surface area contributed by atoms with Gasteiger partial charge in [0.05, 0.1) is 0 Å². The molecule has 2 rings (SSSR count). The van der Waals surface area contributed by atoms with Crippen LogP contribution in [0.2, 0.25) is 0 Å². The van der Waals surface area contributed by atoms with Crippen LogP contribution in [-0.4, -0.2) is 15.2 Å². The first-order chi connectivity index (χ1) is 7.16. The lowest BCUT2D eigenvalue weighted by Crippen LogP contribution is -1.88. The van der Waals surface area contributed by atoms with Gasteiger partial charge in [-0.1, -0.05) is 12.1 Å². The number of hydrogen-bond donors (Lipinski definition) is 1. The van der Waals surface area contributed by atoms with Crippen molar-refractivity contribution in [2.45, 2.75) is 6.92 Å². The van der Waals surface area contributed by atoms with Crippen molar-refractivity contribution in [3.05, 3.63) is 41.7 Å². The molecule has 0 bridgehead atoms. The Balaban J connectivity index is 2.35. The van der Waals surface area contributed by atoms with Gasteiger partial charge < -0.3 is 4.98 Å². The number of rotatable bonds is 2. The first kappa shape index (κ1) is 9.93. The van der Waals surface area contributed by atoms with E-state index in [2.05, 4.69) is 9.97 Å². The molecular weight excluding hydrogens is 212 g/mol. The zero-order chi connectivity index (χ0) is 10.8. The third kappa shape index (κ3) is 2.07. The molecule has 0 atom stereocenters. The maximum Gasteiger partial charge on any atom is 0.252 e. The summed E-state index contributed by atoms with van der Waals surface area (Å²) >= 11 is 5.34. The average Bonchev–Trinajstić information content (AvgIpc) is 2.65.